The molecule has 2 rings (SSSR count). The van der Waals surface area contributed by atoms with Crippen LogP contribution in [0.25, 0.3) is 0 Å². The number of halogens is 2. The first-order chi connectivity index (χ1) is 9.40. The van der Waals surface area contributed by atoms with Crippen LogP contribution in [-0.2, 0) is 5.41 Å². The fraction of sp³-hybridized carbons (Fsp3) is 0.267. The Balaban J connectivity index is 2.03. The average Bonchev–Trinajstić information content (AvgIpc) is 2.94. The maximum absolute atomic E-state index is 12.2. The Morgan fingerprint density at radius 1 is 1.40 bits per heavy atom. The van der Waals surface area contributed by atoms with Crippen molar-refractivity contribution in [2.45, 2.75) is 19.3 Å². The van der Waals surface area contributed by atoms with Crippen molar-refractivity contribution >= 4 is 44.8 Å². The SMILES string of the molecule is CC(C)(CNC(=O)c1ccc(Cl)c(Br)c1)c1cccs1. The second kappa shape index (κ2) is 6.29. The molecule has 0 atom stereocenters. The van der Waals surface area contributed by atoms with Gasteiger partial charge in [0.15, 0.2) is 0 Å². The summed E-state index contributed by atoms with van der Waals surface area (Å²) in [7, 11) is 0. The zero-order valence-electron chi connectivity index (χ0n) is 11.2. The van der Waals surface area contributed by atoms with Crippen molar-refractivity contribution in [2.24, 2.45) is 0 Å². The van der Waals surface area contributed by atoms with E-state index in [1.165, 1.54) is 4.88 Å². The number of thiophene rings is 1. The van der Waals surface area contributed by atoms with Gasteiger partial charge in [0.25, 0.3) is 5.91 Å². The van der Waals surface area contributed by atoms with Gasteiger partial charge in [-0.2, -0.15) is 0 Å². The lowest BCUT2D eigenvalue weighted by Gasteiger charge is -2.23. The van der Waals surface area contributed by atoms with Gasteiger partial charge >= 0.3 is 0 Å². The van der Waals surface area contributed by atoms with Crippen molar-refractivity contribution in [3.63, 3.8) is 0 Å². The Bertz CT molecular complexity index is 610. The van der Waals surface area contributed by atoms with Crippen LogP contribution in [-0.4, -0.2) is 12.5 Å². The van der Waals surface area contributed by atoms with Gasteiger partial charge in [-0.25, -0.2) is 0 Å². The van der Waals surface area contributed by atoms with Gasteiger partial charge in [0.2, 0.25) is 0 Å². The summed E-state index contributed by atoms with van der Waals surface area (Å²) in [6.07, 6.45) is 0. The quantitative estimate of drug-likeness (QED) is 0.815. The van der Waals surface area contributed by atoms with E-state index < -0.39 is 0 Å². The minimum Gasteiger partial charge on any atom is -0.351 e. The predicted molar refractivity (Wildman–Crippen MR) is 88.8 cm³/mol. The standard InChI is InChI=1S/C15H15BrClNOS/c1-15(2,13-4-3-7-20-13)9-18-14(19)10-5-6-12(17)11(16)8-10/h3-8H,9H2,1-2H3,(H,18,19). The molecule has 2 aromatic rings. The number of rotatable bonds is 4. The van der Waals surface area contributed by atoms with Crippen molar-refractivity contribution in [1.82, 2.24) is 5.32 Å². The number of nitrogens with one attached hydrogen (secondary N) is 1. The minimum absolute atomic E-state index is 0.0759. The Morgan fingerprint density at radius 2 is 2.15 bits per heavy atom. The molecule has 0 unspecified atom stereocenters. The van der Waals surface area contributed by atoms with Crippen molar-refractivity contribution < 1.29 is 4.79 Å². The molecule has 0 saturated heterocycles. The highest BCUT2D eigenvalue weighted by Crippen LogP contribution is 2.27. The highest BCUT2D eigenvalue weighted by atomic mass is 79.9. The summed E-state index contributed by atoms with van der Waals surface area (Å²) < 4.78 is 0.726. The van der Waals surface area contributed by atoms with Crippen LogP contribution in [0.5, 0.6) is 0 Å². The fourth-order valence-electron chi connectivity index (χ4n) is 1.79. The van der Waals surface area contributed by atoms with E-state index in [9.17, 15) is 4.79 Å². The molecule has 0 spiro atoms. The first-order valence-electron chi connectivity index (χ1n) is 6.17. The number of carbonyl (C=O) groups excluding carboxylic acids is 1. The topological polar surface area (TPSA) is 29.1 Å². The minimum atomic E-state index is -0.0907. The lowest BCUT2D eigenvalue weighted by molar-refractivity contribution is 0.0946. The Labute approximate surface area is 136 Å². The van der Waals surface area contributed by atoms with Crippen LogP contribution < -0.4 is 5.32 Å². The lowest BCUT2D eigenvalue weighted by Crippen LogP contribution is -2.36. The van der Waals surface area contributed by atoms with Gasteiger partial charge in [-0.15, -0.1) is 11.3 Å². The molecule has 0 radical (unpaired) electrons. The molecule has 0 aliphatic rings. The zero-order valence-corrected chi connectivity index (χ0v) is 14.4. The number of hydrogen-bond donors (Lipinski definition) is 1. The van der Waals surface area contributed by atoms with Crippen LogP contribution in [0.3, 0.4) is 0 Å². The van der Waals surface area contributed by atoms with E-state index in [0.717, 1.165) is 4.47 Å². The molecular formula is C15H15BrClNOS. The molecule has 0 saturated carbocycles. The van der Waals surface area contributed by atoms with E-state index in [1.54, 1.807) is 29.5 Å². The third-order valence-electron chi connectivity index (χ3n) is 3.06. The van der Waals surface area contributed by atoms with Crippen LogP contribution in [0.15, 0.2) is 40.2 Å². The monoisotopic (exact) mass is 371 g/mol. The molecule has 2 nitrogen and oxygen atoms in total. The molecule has 1 N–H and O–H groups in total. The van der Waals surface area contributed by atoms with E-state index >= 15 is 0 Å². The second-order valence-corrected chi connectivity index (χ2v) is 7.38. The van der Waals surface area contributed by atoms with Gasteiger partial charge in [0.1, 0.15) is 0 Å². The molecule has 106 valence electrons. The molecule has 1 aromatic heterocycles. The van der Waals surface area contributed by atoms with E-state index in [2.05, 4.69) is 46.5 Å². The zero-order chi connectivity index (χ0) is 14.8. The average molecular weight is 373 g/mol. The smallest absolute Gasteiger partial charge is 0.251 e. The van der Waals surface area contributed by atoms with Crippen LogP contribution in [0, 0.1) is 0 Å². The van der Waals surface area contributed by atoms with Gasteiger partial charge in [-0.05, 0) is 45.6 Å². The number of amides is 1. The molecule has 1 amide bonds. The van der Waals surface area contributed by atoms with Gasteiger partial charge in [-0.1, -0.05) is 31.5 Å². The van der Waals surface area contributed by atoms with Crippen LogP contribution >= 0.6 is 38.9 Å². The Kier molecular flexibility index (Phi) is 4.89. The number of benzene rings is 1. The fourth-order valence-corrected chi connectivity index (χ4v) is 3.14. The summed E-state index contributed by atoms with van der Waals surface area (Å²) in [4.78, 5) is 13.4. The van der Waals surface area contributed by atoms with Gasteiger partial charge in [0.05, 0.1) is 5.02 Å². The lowest BCUT2D eigenvalue weighted by atomic mass is 9.91. The van der Waals surface area contributed by atoms with Crippen LogP contribution in [0.1, 0.15) is 29.1 Å². The summed E-state index contributed by atoms with van der Waals surface area (Å²) in [6.45, 7) is 4.83. The number of carbonyl (C=O) groups is 1. The Morgan fingerprint density at radius 3 is 2.75 bits per heavy atom. The summed E-state index contributed by atoms with van der Waals surface area (Å²) in [5.74, 6) is -0.0907. The van der Waals surface area contributed by atoms with E-state index in [0.29, 0.717) is 17.1 Å². The van der Waals surface area contributed by atoms with Crippen molar-refractivity contribution in [3.8, 4) is 0 Å². The van der Waals surface area contributed by atoms with Gasteiger partial charge in [-0.3, -0.25) is 4.79 Å². The van der Waals surface area contributed by atoms with E-state index in [4.69, 9.17) is 11.6 Å². The normalized spacial score (nSPS) is 11.4. The van der Waals surface area contributed by atoms with Gasteiger partial charge < -0.3 is 5.32 Å². The molecule has 0 aliphatic heterocycles. The van der Waals surface area contributed by atoms with Crippen molar-refractivity contribution in [3.05, 3.63) is 55.6 Å². The highest BCUT2D eigenvalue weighted by Gasteiger charge is 2.22. The molecule has 1 heterocycles. The maximum atomic E-state index is 12.2. The molecule has 20 heavy (non-hydrogen) atoms. The third-order valence-corrected chi connectivity index (χ3v) is 5.51. The highest BCUT2D eigenvalue weighted by molar-refractivity contribution is 9.10. The molecular weight excluding hydrogens is 358 g/mol. The summed E-state index contributed by atoms with van der Waals surface area (Å²) in [6, 6.07) is 9.29. The first kappa shape index (κ1) is 15.5. The van der Waals surface area contributed by atoms with Crippen LogP contribution in [0.2, 0.25) is 5.02 Å². The first-order valence-corrected chi connectivity index (χ1v) is 8.22. The van der Waals surface area contributed by atoms with Crippen LogP contribution in [0.4, 0.5) is 0 Å². The second-order valence-electron chi connectivity index (χ2n) is 5.17. The molecule has 1 aromatic carbocycles. The maximum Gasteiger partial charge on any atom is 0.251 e. The van der Waals surface area contributed by atoms with Crippen molar-refractivity contribution in [2.75, 3.05) is 6.54 Å². The molecule has 0 bridgehead atoms. The largest absolute Gasteiger partial charge is 0.351 e. The third kappa shape index (κ3) is 3.62. The summed E-state index contributed by atoms with van der Waals surface area (Å²) in [5.41, 5.74) is 0.524. The molecule has 0 fully saturated rings. The molecule has 0 aliphatic carbocycles. The Hall–Kier alpha value is -0.840. The summed E-state index contributed by atoms with van der Waals surface area (Å²) in [5, 5.41) is 5.63. The predicted octanol–water partition coefficient (Wildman–Crippen LogP) is 4.87. The number of hydrogen-bond acceptors (Lipinski definition) is 2. The van der Waals surface area contributed by atoms with E-state index in [1.807, 2.05) is 6.07 Å². The van der Waals surface area contributed by atoms with Gasteiger partial charge in [0, 0.05) is 26.9 Å². The molecule has 5 heteroatoms. The van der Waals surface area contributed by atoms with E-state index in [-0.39, 0.29) is 11.3 Å². The van der Waals surface area contributed by atoms with Crippen molar-refractivity contribution in [1.29, 1.82) is 0 Å². The summed E-state index contributed by atoms with van der Waals surface area (Å²) >= 11 is 11.0.